The first kappa shape index (κ1) is 11.4. The van der Waals surface area contributed by atoms with Crippen molar-refractivity contribution in [2.24, 2.45) is 5.73 Å². The predicted molar refractivity (Wildman–Crippen MR) is 51.7 cm³/mol. The van der Waals surface area contributed by atoms with Gasteiger partial charge >= 0.3 is 0 Å². The summed E-state index contributed by atoms with van der Waals surface area (Å²) in [6.45, 7) is 2.97. The lowest BCUT2D eigenvalue weighted by Crippen LogP contribution is -2.49. The van der Waals surface area contributed by atoms with Gasteiger partial charge in [0.25, 0.3) is 0 Å². The highest BCUT2D eigenvalue weighted by molar-refractivity contribution is 5.81. The van der Waals surface area contributed by atoms with Gasteiger partial charge < -0.3 is 20.9 Å². The molecule has 0 radical (unpaired) electrons. The van der Waals surface area contributed by atoms with Crippen LogP contribution in [0.1, 0.15) is 19.8 Å². The second-order valence-corrected chi connectivity index (χ2v) is 3.84. The summed E-state index contributed by atoms with van der Waals surface area (Å²) in [4.78, 5) is 11.1. The van der Waals surface area contributed by atoms with Gasteiger partial charge in [0.05, 0.1) is 11.6 Å². The predicted octanol–water partition coefficient (Wildman–Crippen LogP) is -1.01. The Labute approximate surface area is 83.6 Å². The lowest BCUT2D eigenvalue weighted by molar-refractivity contribution is -0.124. The Morgan fingerprint density at radius 3 is 2.71 bits per heavy atom. The number of rotatable bonds is 3. The molecule has 1 aliphatic rings. The van der Waals surface area contributed by atoms with Gasteiger partial charge in [-0.15, -0.1) is 0 Å². The molecule has 14 heavy (non-hydrogen) atoms. The second-order valence-electron chi connectivity index (χ2n) is 3.84. The number of carbonyl (C=O) groups excluding carboxylic acids is 1. The van der Waals surface area contributed by atoms with E-state index >= 15 is 0 Å². The molecule has 0 bridgehead atoms. The molecule has 1 rings (SSSR count). The number of ether oxygens (including phenoxy) is 1. The van der Waals surface area contributed by atoms with E-state index in [-0.39, 0.29) is 12.5 Å². The van der Waals surface area contributed by atoms with E-state index in [1.165, 1.54) is 0 Å². The van der Waals surface area contributed by atoms with Gasteiger partial charge in [-0.2, -0.15) is 0 Å². The first-order valence-electron chi connectivity index (χ1n) is 4.87. The summed E-state index contributed by atoms with van der Waals surface area (Å²) in [5.41, 5.74) is 4.56. The summed E-state index contributed by atoms with van der Waals surface area (Å²) in [5.74, 6) is -0.232. The van der Waals surface area contributed by atoms with Crippen LogP contribution in [0.2, 0.25) is 0 Å². The minimum absolute atomic E-state index is 0.232. The van der Waals surface area contributed by atoms with Crippen LogP contribution in [0.3, 0.4) is 0 Å². The Morgan fingerprint density at radius 1 is 1.64 bits per heavy atom. The molecule has 1 saturated heterocycles. The van der Waals surface area contributed by atoms with Crippen LogP contribution in [-0.4, -0.2) is 42.4 Å². The highest BCUT2D eigenvalue weighted by atomic mass is 16.5. The third-order valence-corrected chi connectivity index (χ3v) is 2.43. The van der Waals surface area contributed by atoms with E-state index in [2.05, 4.69) is 5.32 Å². The first-order valence-corrected chi connectivity index (χ1v) is 4.87. The van der Waals surface area contributed by atoms with Gasteiger partial charge in [0.15, 0.2) is 0 Å². The first-order chi connectivity index (χ1) is 6.53. The molecule has 1 aliphatic heterocycles. The van der Waals surface area contributed by atoms with Crippen LogP contribution < -0.4 is 11.1 Å². The fraction of sp³-hybridized carbons (Fsp3) is 0.889. The standard InChI is InChI=1S/C9H18N2O3/c1-7(10)8(12)11-6-9(13)2-4-14-5-3-9/h7,13H,2-6,10H2,1H3,(H,11,12)/t7-/m1/s1. The van der Waals surface area contributed by atoms with E-state index in [0.29, 0.717) is 26.1 Å². The summed E-state index contributed by atoms with van der Waals surface area (Å²) < 4.78 is 5.12. The molecule has 0 aromatic carbocycles. The molecule has 0 aliphatic carbocycles. The SMILES string of the molecule is C[C@@H](N)C(=O)NCC1(O)CCOCC1. The van der Waals surface area contributed by atoms with Gasteiger partial charge in [-0.25, -0.2) is 0 Å². The van der Waals surface area contributed by atoms with E-state index in [4.69, 9.17) is 10.5 Å². The fourth-order valence-electron chi connectivity index (χ4n) is 1.34. The lowest BCUT2D eigenvalue weighted by atomic mass is 9.94. The molecule has 5 heteroatoms. The molecular weight excluding hydrogens is 184 g/mol. The third-order valence-electron chi connectivity index (χ3n) is 2.43. The van der Waals surface area contributed by atoms with E-state index < -0.39 is 11.6 Å². The zero-order chi connectivity index (χ0) is 10.6. The van der Waals surface area contributed by atoms with Gasteiger partial charge in [-0.1, -0.05) is 0 Å². The highest BCUT2D eigenvalue weighted by Gasteiger charge is 2.30. The molecule has 0 saturated carbocycles. The van der Waals surface area contributed by atoms with Crippen molar-refractivity contribution in [2.75, 3.05) is 19.8 Å². The van der Waals surface area contributed by atoms with Crippen molar-refractivity contribution in [3.05, 3.63) is 0 Å². The molecule has 5 nitrogen and oxygen atoms in total. The average molecular weight is 202 g/mol. The Hall–Kier alpha value is -0.650. The van der Waals surface area contributed by atoms with Gasteiger partial charge in [-0.05, 0) is 6.92 Å². The summed E-state index contributed by atoms with van der Waals surface area (Å²) in [7, 11) is 0. The minimum Gasteiger partial charge on any atom is -0.388 e. The maximum absolute atomic E-state index is 11.1. The third kappa shape index (κ3) is 3.25. The van der Waals surface area contributed by atoms with Gasteiger partial charge in [0.1, 0.15) is 0 Å². The second kappa shape index (κ2) is 4.72. The number of nitrogens with one attached hydrogen (secondary N) is 1. The van der Waals surface area contributed by atoms with E-state index in [1.807, 2.05) is 0 Å². The molecule has 1 fully saturated rings. The molecule has 1 atom stereocenters. The van der Waals surface area contributed by atoms with Crippen LogP contribution in [0.4, 0.5) is 0 Å². The number of hydrogen-bond donors (Lipinski definition) is 3. The van der Waals surface area contributed by atoms with Crippen molar-refractivity contribution < 1.29 is 14.6 Å². The van der Waals surface area contributed by atoms with Crippen LogP contribution in [0.5, 0.6) is 0 Å². The van der Waals surface area contributed by atoms with Crippen molar-refractivity contribution in [1.29, 1.82) is 0 Å². The maximum atomic E-state index is 11.1. The zero-order valence-corrected chi connectivity index (χ0v) is 8.45. The lowest BCUT2D eigenvalue weighted by Gasteiger charge is -2.32. The van der Waals surface area contributed by atoms with Crippen molar-refractivity contribution in [3.8, 4) is 0 Å². The van der Waals surface area contributed by atoms with E-state index in [0.717, 1.165) is 0 Å². The number of amides is 1. The summed E-state index contributed by atoms with van der Waals surface area (Å²) in [5, 5.41) is 12.6. The smallest absolute Gasteiger partial charge is 0.236 e. The fourth-order valence-corrected chi connectivity index (χ4v) is 1.34. The van der Waals surface area contributed by atoms with Crippen LogP contribution >= 0.6 is 0 Å². The molecular formula is C9H18N2O3. The molecule has 0 aromatic rings. The van der Waals surface area contributed by atoms with Crippen molar-refractivity contribution >= 4 is 5.91 Å². The minimum atomic E-state index is -0.817. The van der Waals surface area contributed by atoms with Gasteiger partial charge in [0, 0.05) is 32.6 Å². The Bertz CT molecular complexity index is 200. The van der Waals surface area contributed by atoms with Crippen molar-refractivity contribution in [2.45, 2.75) is 31.4 Å². The molecule has 82 valence electrons. The van der Waals surface area contributed by atoms with Crippen molar-refractivity contribution in [1.82, 2.24) is 5.32 Å². The van der Waals surface area contributed by atoms with Crippen LogP contribution in [0.15, 0.2) is 0 Å². The molecule has 0 spiro atoms. The molecule has 4 N–H and O–H groups in total. The molecule has 1 amide bonds. The monoisotopic (exact) mass is 202 g/mol. The molecule has 0 unspecified atom stereocenters. The highest BCUT2D eigenvalue weighted by Crippen LogP contribution is 2.19. The van der Waals surface area contributed by atoms with Crippen LogP contribution in [0.25, 0.3) is 0 Å². The molecule has 0 aromatic heterocycles. The summed E-state index contributed by atoms with van der Waals surface area (Å²) in [6.07, 6.45) is 1.12. The van der Waals surface area contributed by atoms with Crippen LogP contribution in [0, 0.1) is 0 Å². The normalized spacial score (nSPS) is 22.8. The Balaban J connectivity index is 2.32. The maximum Gasteiger partial charge on any atom is 0.236 e. The molecule has 1 heterocycles. The van der Waals surface area contributed by atoms with Gasteiger partial charge in [-0.3, -0.25) is 4.79 Å². The number of hydrogen-bond acceptors (Lipinski definition) is 4. The van der Waals surface area contributed by atoms with Crippen molar-refractivity contribution in [3.63, 3.8) is 0 Å². The quantitative estimate of drug-likeness (QED) is 0.547. The topological polar surface area (TPSA) is 84.6 Å². The summed E-state index contributed by atoms with van der Waals surface area (Å²) in [6, 6.07) is -0.529. The Kier molecular flexibility index (Phi) is 3.86. The zero-order valence-electron chi connectivity index (χ0n) is 8.45. The van der Waals surface area contributed by atoms with E-state index in [9.17, 15) is 9.90 Å². The average Bonchev–Trinajstić information content (AvgIpc) is 2.15. The summed E-state index contributed by atoms with van der Waals surface area (Å²) >= 11 is 0. The van der Waals surface area contributed by atoms with Crippen LogP contribution in [-0.2, 0) is 9.53 Å². The largest absolute Gasteiger partial charge is 0.388 e. The number of nitrogens with two attached hydrogens (primary N) is 1. The van der Waals surface area contributed by atoms with Gasteiger partial charge in [0.2, 0.25) is 5.91 Å². The van der Waals surface area contributed by atoms with E-state index in [1.54, 1.807) is 6.92 Å². The number of carbonyl (C=O) groups is 1. The number of aliphatic hydroxyl groups is 1. The Morgan fingerprint density at radius 2 is 2.21 bits per heavy atom.